The number of hydrogen-bond acceptors (Lipinski definition) is 3. The SMILES string of the molecule is NC1CC(Cc2ccsc2)CN(c2ccc(F)cc2F)C1. The van der Waals surface area contributed by atoms with Crippen LogP contribution in [0.2, 0.25) is 0 Å². The summed E-state index contributed by atoms with van der Waals surface area (Å²) in [4.78, 5) is 1.94. The summed E-state index contributed by atoms with van der Waals surface area (Å²) in [5.74, 6) is -0.668. The van der Waals surface area contributed by atoms with Gasteiger partial charge in [0, 0.05) is 25.2 Å². The van der Waals surface area contributed by atoms with Gasteiger partial charge >= 0.3 is 0 Å². The molecular formula is C16H18F2N2S. The van der Waals surface area contributed by atoms with Gasteiger partial charge in [0.25, 0.3) is 0 Å². The highest BCUT2D eigenvalue weighted by atomic mass is 32.1. The summed E-state index contributed by atoms with van der Waals surface area (Å²) in [5, 5.41) is 4.21. The average Bonchev–Trinajstić information content (AvgIpc) is 2.90. The highest BCUT2D eigenvalue weighted by Crippen LogP contribution is 2.28. The molecule has 2 aromatic rings. The van der Waals surface area contributed by atoms with E-state index in [0.29, 0.717) is 18.2 Å². The fraction of sp³-hybridized carbons (Fsp3) is 0.375. The van der Waals surface area contributed by atoms with E-state index in [1.165, 1.54) is 17.7 Å². The van der Waals surface area contributed by atoms with E-state index in [4.69, 9.17) is 5.73 Å². The molecule has 2 heterocycles. The molecule has 1 aromatic heterocycles. The van der Waals surface area contributed by atoms with Crippen molar-refractivity contribution in [1.82, 2.24) is 0 Å². The quantitative estimate of drug-likeness (QED) is 0.941. The maximum absolute atomic E-state index is 13.9. The van der Waals surface area contributed by atoms with Crippen molar-refractivity contribution in [2.24, 2.45) is 11.7 Å². The lowest BCUT2D eigenvalue weighted by atomic mass is 9.89. The Hall–Kier alpha value is -1.46. The van der Waals surface area contributed by atoms with E-state index in [1.54, 1.807) is 11.3 Å². The number of benzene rings is 1. The highest BCUT2D eigenvalue weighted by molar-refractivity contribution is 7.07. The number of nitrogens with two attached hydrogens (primary N) is 1. The first-order chi connectivity index (χ1) is 10.1. The van der Waals surface area contributed by atoms with Crippen LogP contribution in [-0.4, -0.2) is 19.1 Å². The summed E-state index contributed by atoms with van der Waals surface area (Å²) in [6, 6.07) is 5.88. The van der Waals surface area contributed by atoms with Crippen molar-refractivity contribution in [3.8, 4) is 0 Å². The Kier molecular flexibility index (Phi) is 4.22. The normalized spacial score (nSPS) is 22.5. The summed E-state index contributed by atoms with van der Waals surface area (Å²) in [6.45, 7) is 1.37. The van der Waals surface area contributed by atoms with Gasteiger partial charge < -0.3 is 10.6 Å². The number of thiophene rings is 1. The molecule has 0 saturated carbocycles. The Bertz CT molecular complexity index is 600. The first kappa shape index (κ1) is 14.5. The molecule has 2 unspecified atom stereocenters. The van der Waals surface area contributed by atoms with Gasteiger partial charge in [-0.1, -0.05) is 0 Å². The minimum Gasteiger partial charge on any atom is -0.367 e. The number of rotatable bonds is 3. The summed E-state index contributed by atoms with van der Waals surface area (Å²) in [6.07, 6.45) is 1.89. The third kappa shape index (κ3) is 3.41. The Labute approximate surface area is 127 Å². The van der Waals surface area contributed by atoms with E-state index in [0.717, 1.165) is 25.5 Å². The largest absolute Gasteiger partial charge is 0.367 e. The van der Waals surface area contributed by atoms with Gasteiger partial charge in [0.05, 0.1) is 5.69 Å². The van der Waals surface area contributed by atoms with E-state index < -0.39 is 11.6 Å². The number of piperidine rings is 1. The standard InChI is InChI=1S/C16H18F2N2S/c17-13-1-2-16(15(18)7-13)20-8-12(6-14(19)9-20)5-11-3-4-21-10-11/h1-4,7,10,12,14H,5-6,8-9,19H2. The Morgan fingerprint density at radius 2 is 2.10 bits per heavy atom. The molecule has 112 valence electrons. The molecule has 1 fully saturated rings. The second kappa shape index (κ2) is 6.12. The number of anilines is 1. The Balaban J connectivity index is 1.76. The van der Waals surface area contributed by atoms with Crippen LogP contribution in [0.25, 0.3) is 0 Å². The van der Waals surface area contributed by atoms with Gasteiger partial charge in [-0.05, 0) is 53.3 Å². The van der Waals surface area contributed by atoms with Crippen LogP contribution in [0.1, 0.15) is 12.0 Å². The van der Waals surface area contributed by atoms with E-state index in [9.17, 15) is 8.78 Å². The molecule has 0 amide bonds. The van der Waals surface area contributed by atoms with E-state index in [2.05, 4.69) is 16.8 Å². The van der Waals surface area contributed by atoms with Crippen molar-refractivity contribution in [1.29, 1.82) is 0 Å². The lowest BCUT2D eigenvalue weighted by Gasteiger charge is -2.38. The molecule has 0 bridgehead atoms. The van der Waals surface area contributed by atoms with Crippen molar-refractivity contribution >= 4 is 17.0 Å². The van der Waals surface area contributed by atoms with Crippen LogP contribution in [-0.2, 0) is 6.42 Å². The van der Waals surface area contributed by atoms with Gasteiger partial charge in [-0.3, -0.25) is 0 Å². The maximum Gasteiger partial charge on any atom is 0.149 e. The number of halogens is 2. The summed E-state index contributed by atoms with van der Waals surface area (Å²) in [5.41, 5.74) is 7.88. The molecule has 1 aliphatic rings. The molecule has 2 nitrogen and oxygen atoms in total. The average molecular weight is 308 g/mol. The molecular weight excluding hydrogens is 290 g/mol. The van der Waals surface area contributed by atoms with Crippen LogP contribution in [0.4, 0.5) is 14.5 Å². The van der Waals surface area contributed by atoms with Crippen LogP contribution in [0.3, 0.4) is 0 Å². The van der Waals surface area contributed by atoms with Crippen molar-refractivity contribution in [2.45, 2.75) is 18.9 Å². The maximum atomic E-state index is 13.9. The Morgan fingerprint density at radius 3 is 2.81 bits per heavy atom. The van der Waals surface area contributed by atoms with E-state index in [-0.39, 0.29) is 6.04 Å². The zero-order chi connectivity index (χ0) is 14.8. The first-order valence-corrected chi connectivity index (χ1v) is 8.03. The smallest absolute Gasteiger partial charge is 0.149 e. The highest BCUT2D eigenvalue weighted by Gasteiger charge is 2.27. The van der Waals surface area contributed by atoms with Crippen LogP contribution < -0.4 is 10.6 Å². The van der Waals surface area contributed by atoms with Crippen molar-refractivity contribution in [3.05, 3.63) is 52.2 Å². The minimum atomic E-state index is -0.549. The first-order valence-electron chi connectivity index (χ1n) is 7.08. The Morgan fingerprint density at radius 1 is 1.24 bits per heavy atom. The van der Waals surface area contributed by atoms with Crippen LogP contribution >= 0.6 is 11.3 Å². The third-order valence-corrected chi connectivity index (χ3v) is 4.66. The van der Waals surface area contributed by atoms with Crippen molar-refractivity contribution in [2.75, 3.05) is 18.0 Å². The van der Waals surface area contributed by atoms with Gasteiger partial charge in [0.2, 0.25) is 0 Å². The molecule has 3 rings (SSSR count). The van der Waals surface area contributed by atoms with Gasteiger partial charge in [0.15, 0.2) is 0 Å². The summed E-state index contributed by atoms with van der Waals surface area (Å²) < 4.78 is 27.0. The van der Waals surface area contributed by atoms with Crippen molar-refractivity contribution < 1.29 is 8.78 Å². The zero-order valence-electron chi connectivity index (χ0n) is 11.6. The van der Waals surface area contributed by atoms with Gasteiger partial charge in [0.1, 0.15) is 11.6 Å². The second-order valence-electron chi connectivity index (χ2n) is 5.70. The fourth-order valence-electron chi connectivity index (χ4n) is 3.07. The van der Waals surface area contributed by atoms with E-state index in [1.807, 2.05) is 4.90 Å². The zero-order valence-corrected chi connectivity index (χ0v) is 12.5. The molecule has 5 heteroatoms. The predicted octanol–water partition coefficient (Wildman–Crippen LogP) is 3.42. The molecule has 0 aliphatic carbocycles. The van der Waals surface area contributed by atoms with Crippen LogP contribution in [0.5, 0.6) is 0 Å². The minimum absolute atomic E-state index is 0.0202. The second-order valence-corrected chi connectivity index (χ2v) is 6.48. The number of hydrogen-bond donors (Lipinski definition) is 1. The molecule has 21 heavy (non-hydrogen) atoms. The predicted molar refractivity (Wildman–Crippen MR) is 82.7 cm³/mol. The summed E-state index contributed by atoms with van der Waals surface area (Å²) in [7, 11) is 0. The third-order valence-electron chi connectivity index (χ3n) is 3.92. The molecule has 0 radical (unpaired) electrons. The van der Waals surface area contributed by atoms with Crippen molar-refractivity contribution in [3.63, 3.8) is 0 Å². The topological polar surface area (TPSA) is 29.3 Å². The fourth-order valence-corrected chi connectivity index (χ4v) is 3.75. The number of nitrogens with zero attached hydrogens (tertiary/aromatic N) is 1. The van der Waals surface area contributed by atoms with Gasteiger partial charge in [-0.15, -0.1) is 0 Å². The van der Waals surface area contributed by atoms with Gasteiger partial charge in [-0.25, -0.2) is 8.78 Å². The lowest BCUT2D eigenvalue weighted by Crippen LogP contribution is -2.48. The van der Waals surface area contributed by atoms with Crippen LogP contribution in [0, 0.1) is 17.6 Å². The lowest BCUT2D eigenvalue weighted by molar-refractivity contribution is 0.372. The van der Waals surface area contributed by atoms with Crippen LogP contribution in [0.15, 0.2) is 35.0 Å². The molecule has 1 aliphatic heterocycles. The monoisotopic (exact) mass is 308 g/mol. The molecule has 1 aromatic carbocycles. The molecule has 2 atom stereocenters. The summed E-state index contributed by atoms with van der Waals surface area (Å²) >= 11 is 1.68. The molecule has 1 saturated heterocycles. The van der Waals surface area contributed by atoms with Gasteiger partial charge in [-0.2, -0.15) is 11.3 Å². The van der Waals surface area contributed by atoms with E-state index >= 15 is 0 Å². The molecule has 2 N–H and O–H groups in total. The molecule has 0 spiro atoms.